The van der Waals surface area contributed by atoms with Crippen LogP contribution < -0.4 is 5.32 Å². The van der Waals surface area contributed by atoms with Gasteiger partial charge in [0, 0.05) is 13.0 Å². The van der Waals surface area contributed by atoms with Gasteiger partial charge in [0.2, 0.25) is 5.91 Å². The fraction of sp³-hybridized carbons (Fsp3) is 0.562. The molecule has 0 heterocycles. The molecule has 1 fully saturated rings. The maximum Gasteiger partial charge on any atom is 0.416 e. The number of alkyl halides is 3. The van der Waals surface area contributed by atoms with Crippen molar-refractivity contribution in [2.45, 2.75) is 50.3 Å². The van der Waals surface area contributed by atoms with E-state index in [1.807, 2.05) is 0 Å². The Labute approximate surface area is 127 Å². The molecule has 22 heavy (non-hydrogen) atoms. The number of aliphatic hydroxyl groups is 1. The largest absolute Gasteiger partial charge is 0.416 e. The molecular formula is C16H20F3NO2. The van der Waals surface area contributed by atoms with Crippen molar-refractivity contribution in [3.05, 3.63) is 35.4 Å². The van der Waals surface area contributed by atoms with Gasteiger partial charge < -0.3 is 10.4 Å². The molecule has 2 rings (SSSR count). The van der Waals surface area contributed by atoms with Gasteiger partial charge >= 0.3 is 6.18 Å². The maximum atomic E-state index is 13.0. The lowest BCUT2D eigenvalue weighted by Gasteiger charge is -2.36. The highest BCUT2D eigenvalue weighted by Gasteiger charge is 2.36. The summed E-state index contributed by atoms with van der Waals surface area (Å²) in [5, 5.41) is 12.5. The summed E-state index contributed by atoms with van der Waals surface area (Å²) in [6.45, 7) is 1.77. The molecule has 1 unspecified atom stereocenters. The van der Waals surface area contributed by atoms with Crippen LogP contribution in [0.2, 0.25) is 0 Å². The SMILES string of the molecule is CC(CC(=O)NCC1(O)CCC1)c1ccccc1C(F)(F)F. The quantitative estimate of drug-likeness (QED) is 0.876. The minimum Gasteiger partial charge on any atom is -0.388 e. The van der Waals surface area contributed by atoms with Crippen molar-refractivity contribution in [1.29, 1.82) is 0 Å². The number of rotatable bonds is 5. The Morgan fingerprint density at radius 3 is 2.55 bits per heavy atom. The number of hydrogen-bond acceptors (Lipinski definition) is 2. The van der Waals surface area contributed by atoms with Crippen LogP contribution >= 0.6 is 0 Å². The molecule has 0 saturated heterocycles. The second kappa shape index (κ2) is 6.28. The molecule has 1 atom stereocenters. The van der Waals surface area contributed by atoms with Crippen molar-refractivity contribution < 1.29 is 23.1 Å². The molecule has 0 aromatic heterocycles. The Balaban J connectivity index is 1.97. The zero-order chi connectivity index (χ0) is 16.4. The van der Waals surface area contributed by atoms with Crippen LogP contribution in [-0.2, 0) is 11.0 Å². The highest BCUT2D eigenvalue weighted by molar-refractivity contribution is 5.77. The lowest BCUT2D eigenvalue weighted by molar-refractivity contribution is -0.138. The summed E-state index contributed by atoms with van der Waals surface area (Å²) in [5.74, 6) is -0.890. The minimum absolute atomic E-state index is 0.0385. The summed E-state index contributed by atoms with van der Waals surface area (Å²) in [6, 6.07) is 5.31. The summed E-state index contributed by atoms with van der Waals surface area (Å²) in [4.78, 5) is 11.9. The summed E-state index contributed by atoms with van der Waals surface area (Å²) < 4.78 is 38.9. The number of halogens is 3. The van der Waals surface area contributed by atoms with Gasteiger partial charge in [0.1, 0.15) is 0 Å². The number of carbonyl (C=O) groups is 1. The molecule has 6 heteroatoms. The predicted molar refractivity (Wildman–Crippen MR) is 76.3 cm³/mol. The summed E-state index contributed by atoms with van der Waals surface area (Å²) >= 11 is 0. The first-order chi connectivity index (χ1) is 10.2. The molecule has 0 radical (unpaired) electrons. The van der Waals surface area contributed by atoms with Crippen LogP contribution in [0.25, 0.3) is 0 Å². The Bertz CT molecular complexity index is 538. The normalized spacial score (nSPS) is 18.4. The van der Waals surface area contributed by atoms with E-state index < -0.39 is 23.3 Å². The van der Waals surface area contributed by atoms with E-state index in [1.54, 1.807) is 6.92 Å². The summed E-state index contributed by atoms with van der Waals surface area (Å²) in [7, 11) is 0. The fourth-order valence-corrected chi connectivity index (χ4v) is 2.67. The van der Waals surface area contributed by atoms with Crippen LogP contribution in [0.15, 0.2) is 24.3 Å². The average molecular weight is 315 g/mol. The topological polar surface area (TPSA) is 49.3 Å². The van der Waals surface area contributed by atoms with Gasteiger partial charge in [-0.25, -0.2) is 0 Å². The Morgan fingerprint density at radius 2 is 2.00 bits per heavy atom. The molecular weight excluding hydrogens is 295 g/mol. The van der Waals surface area contributed by atoms with Gasteiger partial charge in [0.15, 0.2) is 0 Å². The van der Waals surface area contributed by atoms with Gasteiger partial charge in [-0.15, -0.1) is 0 Å². The third kappa shape index (κ3) is 4.00. The van der Waals surface area contributed by atoms with E-state index in [4.69, 9.17) is 0 Å². The summed E-state index contributed by atoms with van der Waals surface area (Å²) in [5.41, 5.74) is -1.41. The lowest BCUT2D eigenvalue weighted by atomic mass is 9.80. The maximum absolute atomic E-state index is 13.0. The Hall–Kier alpha value is -1.56. The molecule has 1 aliphatic carbocycles. The van der Waals surface area contributed by atoms with Crippen molar-refractivity contribution >= 4 is 5.91 Å². The van der Waals surface area contributed by atoms with Crippen LogP contribution in [0.1, 0.15) is 49.7 Å². The van der Waals surface area contributed by atoms with E-state index in [-0.39, 0.29) is 24.4 Å². The first-order valence-electron chi connectivity index (χ1n) is 7.36. The predicted octanol–water partition coefficient (Wildman–Crippen LogP) is 3.23. The standard InChI is InChI=1S/C16H20F3NO2/c1-11(9-14(21)20-10-15(22)7-4-8-15)12-5-2-3-6-13(12)16(17,18)19/h2-3,5-6,11,22H,4,7-10H2,1H3,(H,20,21). The molecule has 0 aliphatic heterocycles. The van der Waals surface area contributed by atoms with Gasteiger partial charge in [-0.05, 0) is 36.8 Å². The van der Waals surface area contributed by atoms with Crippen molar-refractivity contribution in [2.75, 3.05) is 6.54 Å². The van der Waals surface area contributed by atoms with Gasteiger partial charge in [0.05, 0.1) is 11.2 Å². The highest BCUT2D eigenvalue weighted by atomic mass is 19.4. The lowest BCUT2D eigenvalue weighted by Crippen LogP contribution is -2.47. The third-order valence-electron chi connectivity index (χ3n) is 4.19. The van der Waals surface area contributed by atoms with Crippen LogP contribution in [0.5, 0.6) is 0 Å². The smallest absolute Gasteiger partial charge is 0.388 e. The number of nitrogens with one attached hydrogen (secondary N) is 1. The van der Waals surface area contributed by atoms with Crippen molar-refractivity contribution in [1.82, 2.24) is 5.32 Å². The van der Waals surface area contributed by atoms with E-state index in [0.29, 0.717) is 12.8 Å². The number of hydrogen-bond donors (Lipinski definition) is 2. The Kier molecular flexibility index (Phi) is 4.80. The van der Waals surface area contributed by atoms with E-state index in [1.165, 1.54) is 18.2 Å². The molecule has 1 saturated carbocycles. The minimum atomic E-state index is -4.43. The third-order valence-corrected chi connectivity index (χ3v) is 4.19. The van der Waals surface area contributed by atoms with E-state index in [0.717, 1.165) is 12.5 Å². The van der Waals surface area contributed by atoms with Gasteiger partial charge in [0.25, 0.3) is 0 Å². The number of amides is 1. The van der Waals surface area contributed by atoms with Gasteiger partial charge in [-0.1, -0.05) is 25.1 Å². The Morgan fingerprint density at radius 1 is 1.36 bits per heavy atom. The van der Waals surface area contributed by atoms with E-state index in [9.17, 15) is 23.1 Å². The molecule has 122 valence electrons. The average Bonchev–Trinajstić information content (AvgIpc) is 2.42. The van der Waals surface area contributed by atoms with Crippen molar-refractivity contribution in [3.8, 4) is 0 Å². The molecule has 0 spiro atoms. The molecule has 3 nitrogen and oxygen atoms in total. The summed E-state index contributed by atoms with van der Waals surface area (Å²) in [6.07, 6.45) is -2.23. The molecule has 0 bridgehead atoms. The second-order valence-electron chi connectivity index (χ2n) is 6.04. The monoisotopic (exact) mass is 315 g/mol. The van der Waals surface area contributed by atoms with Crippen molar-refractivity contribution in [3.63, 3.8) is 0 Å². The molecule has 1 aromatic carbocycles. The fourth-order valence-electron chi connectivity index (χ4n) is 2.67. The first-order valence-corrected chi connectivity index (χ1v) is 7.36. The zero-order valence-corrected chi connectivity index (χ0v) is 12.4. The molecule has 1 aromatic rings. The van der Waals surface area contributed by atoms with Crippen LogP contribution in [0.3, 0.4) is 0 Å². The first kappa shape index (κ1) is 16.8. The van der Waals surface area contributed by atoms with E-state index in [2.05, 4.69) is 5.32 Å². The van der Waals surface area contributed by atoms with Crippen molar-refractivity contribution in [2.24, 2.45) is 0 Å². The number of carbonyl (C=O) groups excluding carboxylic acids is 1. The van der Waals surface area contributed by atoms with Crippen LogP contribution in [-0.4, -0.2) is 23.2 Å². The number of benzene rings is 1. The van der Waals surface area contributed by atoms with Crippen LogP contribution in [0.4, 0.5) is 13.2 Å². The second-order valence-corrected chi connectivity index (χ2v) is 6.04. The highest BCUT2D eigenvalue weighted by Crippen LogP contribution is 2.36. The van der Waals surface area contributed by atoms with Gasteiger partial charge in [-0.2, -0.15) is 13.2 Å². The van der Waals surface area contributed by atoms with E-state index >= 15 is 0 Å². The van der Waals surface area contributed by atoms with Gasteiger partial charge in [-0.3, -0.25) is 4.79 Å². The zero-order valence-electron chi connectivity index (χ0n) is 12.4. The molecule has 1 aliphatic rings. The van der Waals surface area contributed by atoms with Crippen LogP contribution in [0, 0.1) is 0 Å². The molecule has 1 amide bonds. The molecule has 2 N–H and O–H groups in total.